The Bertz CT molecular complexity index is 267. The standard InChI is InChI=1S/C12H22N2O2/c1-6-8-14(10(2)15)9-7-11(16)13-12(3,4)5/h6H,1,7-9H2,2-5H3,(H,13,16). The van der Waals surface area contributed by atoms with Crippen LogP contribution in [0.1, 0.15) is 34.1 Å². The summed E-state index contributed by atoms with van der Waals surface area (Å²) in [6, 6.07) is 0. The molecule has 0 aliphatic rings. The molecular formula is C12H22N2O2. The average molecular weight is 226 g/mol. The monoisotopic (exact) mass is 226 g/mol. The van der Waals surface area contributed by atoms with E-state index in [1.165, 1.54) is 6.92 Å². The van der Waals surface area contributed by atoms with E-state index in [0.29, 0.717) is 19.5 Å². The molecule has 0 aromatic carbocycles. The van der Waals surface area contributed by atoms with Crippen LogP contribution in [0.2, 0.25) is 0 Å². The van der Waals surface area contributed by atoms with E-state index >= 15 is 0 Å². The molecule has 4 heteroatoms. The van der Waals surface area contributed by atoms with Crippen LogP contribution < -0.4 is 5.32 Å². The zero-order valence-electron chi connectivity index (χ0n) is 10.7. The quantitative estimate of drug-likeness (QED) is 0.719. The highest BCUT2D eigenvalue weighted by molar-refractivity contribution is 5.78. The van der Waals surface area contributed by atoms with Crippen LogP contribution in [0.15, 0.2) is 12.7 Å². The Labute approximate surface area is 97.7 Å². The lowest BCUT2D eigenvalue weighted by atomic mass is 10.1. The Morgan fingerprint density at radius 1 is 1.38 bits per heavy atom. The van der Waals surface area contributed by atoms with E-state index in [0.717, 1.165) is 0 Å². The molecule has 92 valence electrons. The van der Waals surface area contributed by atoms with E-state index < -0.39 is 0 Å². The molecule has 0 aliphatic carbocycles. The average Bonchev–Trinajstić information content (AvgIpc) is 2.08. The molecule has 0 fully saturated rings. The maximum atomic E-state index is 11.5. The molecule has 0 saturated carbocycles. The van der Waals surface area contributed by atoms with E-state index in [1.807, 2.05) is 20.8 Å². The van der Waals surface area contributed by atoms with Gasteiger partial charge >= 0.3 is 0 Å². The first-order valence-electron chi connectivity index (χ1n) is 5.43. The SMILES string of the molecule is C=CCN(CCC(=O)NC(C)(C)C)C(C)=O. The summed E-state index contributed by atoms with van der Waals surface area (Å²) in [7, 11) is 0. The molecule has 4 nitrogen and oxygen atoms in total. The van der Waals surface area contributed by atoms with Crippen LogP contribution in [0.5, 0.6) is 0 Å². The number of nitrogens with one attached hydrogen (secondary N) is 1. The maximum absolute atomic E-state index is 11.5. The Morgan fingerprint density at radius 3 is 2.31 bits per heavy atom. The molecule has 0 unspecified atom stereocenters. The van der Waals surface area contributed by atoms with Crippen LogP contribution >= 0.6 is 0 Å². The fourth-order valence-electron chi connectivity index (χ4n) is 1.25. The van der Waals surface area contributed by atoms with Crippen molar-refractivity contribution < 1.29 is 9.59 Å². The number of carbonyl (C=O) groups excluding carboxylic acids is 2. The van der Waals surface area contributed by atoms with Crippen LogP contribution in [0, 0.1) is 0 Å². The van der Waals surface area contributed by atoms with Crippen molar-refractivity contribution in [2.75, 3.05) is 13.1 Å². The van der Waals surface area contributed by atoms with Gasteiger partial charge in [-0.3, -0.25) is 9.59 Å². The molecule has 0 atom stereocenters. The van der Waals surface area contributed by atoms with Crippen LogP contribution in [-0.2, 0) is 9.59 Å². The number of carbonyl (C=O) groups is 2. The first kappa shape index (κ1) is 14.7. The van der Waals surface area contributed by atoms with Gasteiger partial charge in [0.2, 0.25) is 11.8 Å². The summed E-state index contributed by atoms with van der Waals surface area (Å²) in [6.45, 7) is 11.8. The molecule has 0 radical (unpaired) electrons. The van der Waals surface area contributed by atoms with Crippen molar-refractivity contribution in [3.8, 4) is 0 Å². The predicted molar refractivity (Wildman–Crippen MR) is 65.0 cm³/mol. The van der Waals surface area contributed by atoms with Gasteiger partial charge in [-0.1, -0.05) is 6.08 Å². The zero-order valence-corrected chi connectivity index (χ0v) is 10.7. The topological polar surface area (TPSA) is 49.4 Å². The Hall–Kier alpha value is -1.32. The molecule has 0 aliphatic heterocycles. The Kier molecular flexibility index (Phi) is 5.78. The molecule has 0 aromatic rings. The van der Waals surface area contributed by atoms with Crippen LogP contribution in [-0.4, -0.2) is 35.3 Å². The van der Waals surface area contributed by atoms with E-state index in [2.05, 4.69) is 11.9 Å². The summed E-state index contributed by atoms with van der Waals surface area (Å²) in [5, 5.41) is 2.85. The summed E-state index contributed by atoms with van der Waals surface area (Å²) >= 11 is 0. The number of amides is 2. The van der Waals surface area contributed by atoms with Gasteiger partial charge in [0.25, 0.3) is 0 Å². The molecular weight excluding hydrogens is 204 g/mol. The summed E-state index contributed by atoms with van der Waals surface area (Å²) in [6.07, 6.45) is 1.98. The maximum Gasteiger partial charge on any atom is 0.222 e. The minimum atomic E-state index is -0.226. The van der Waals surface area contributed by atoms with Gasteiger partial charge in [0, 0.05) is 32.0 Å². The molecule has 0 bridgehead atoms. The van der Waals surface area contributed by atoms with Crippen molar-refractivity contribution in [1.82, 2.24) is 10.2 Å². The van der Waals surface area contributed by atoms with Crippen LogP contribution in [0.3, 0.4) is 0 Å². The first-order chi connectivity index (χ1) is 7.26. The van der Waals surface area contributed by atoms with Gasteiger partial charge in [0.1, 0.15) is 0 Å². The lowest BCUT2D eigenvalue weighted by Gasteiger charge is -2.23. The lowest BCUT2D eigenvalue weighted by Crippen LogP contribution is -2.42. The normalized spacial score (nSPS) is 10.8. The lowest BCUT2D eigenvalue weighted by molar-refractivity contribution is -0.129. The first-order valence-corrected chi connectivity index (χ1v) is 5.43. The smallest absolute Gasteiger partial charge is 0.222 e. The highest BCUT2D eigenvalue weighted by Gasteiger charge is 2.15. The second-order valence-electron chi connectivity index (χ2n) is 4.80. The second-order valence-corrected chi connectivity index (χ2v) is 4.80. The van der Waals surface area contributed by atoms with Crippen molar-refractivity contribution in [2.24, 2.45) is 0 Å². The van der Waals surface area contributed by atoms with E-state index in [9.17, 15) is 9.59 Å². The predicted octanol–water partition coefficient (Wildman–Crippen LogP) is 1.33. The van der Waals surface area contributed by atoms with Gasteiger partial charge in [0.05, 0.1) is 0 Å². The summed E-state index contributed by atoms with van der Waals surface area (Å²) < 4.78 is 0. The van der Waals surface area contributed by atoms with Crippen molar-refractivity contribution >= 4 is 11.8 Å². The van der Waals surface area contributed by atoms with E-state index in [-0.39, 0.29) is 17.4 Å². The Morgan fingerprint density at radius 2 is 1.94 bits per heavy atom. The third-order valence-corrected chi connectivity index (χ3v) is 1.92. The van der Waals surface area contributed by atoms with E-state index in [1.54, 1.807) is 11.0 Å². The van der Waals surface area contributed by atoms with Gasteiger partial charge in [-0.25, -0.2) is 0 Å². The van der Waals surface area contributed by atoms with Crippen molar-refractivity contribution in [3.63, 3.8) is 0 Å². The molecule has 0 rings (SSSR count). The van der Waals surface area contributed by atoms with Gasteiger partial charge in [-0.15, -0.1) is 6.58 Å². The summed E-state index contributed by atoms with van der Waals surface area (Å²) in [5.41, 5.74) is -0.226. The van der Waals surface area contributed by atoms with Gasteiger partial charge in [-0.2, -0.15) is 0 Å². The third-order valence-electron chi connectivity index (χ3n) is 1.92. The second kappa shape index (κ2) is 6.30. The van der Waals surface area contributed by atoms with Crippen LogP contribution in [0.25, 0.3) is 0 Å². The molecule has 2 amide bonds. The van der Waals surface area contributed by atoms with Crippen molar-refractivity contribution in [1.29, 1.82) is 0 Å². The molecule has 16 heavy (non-hydrogen) atoms. The summed E-state index contributed by atoms with van der Waals surface area (Å²) in [5.74, 6) is -0.0775. The zero-order chi connectivity index (χ0) is 12.8. The highest BCUT2D eigenvalue weighted by Crippen LogP contribution is 2.00. The fraction of sp³-hybridized carbons (Fsp3) is 0.667. The molecule has 0 aromatic heterocycles. The number of rotatable bonds is 5. The molecule has 0 heterocycles. The minimum absolute atomic E-state index is 0.0385. The minimum Gasteiger partial charge on any atom is -0.351 e. The van der Waals surface area contributed by atoms with E-state index in [4.69, 9.17) is 0 Å². The largest absolute Gasteiger partial charge is 0.351 e. The number of hydrogen-bond donors (Lipinski definition) is 1. The fourth-order valence-corrected chi connectivity index (χ4v) is 1.25. The van der Waals surface area contributed by atoms with Gasteiger partial charge in [0.15, 0.2) is 0 Å². The third kappa shape index (κ3) is 7.04. The Balaban J connectivity index is 4.06. The molecule has 1 N–H and O–H groups in total. The van der Waals surface area contributed by atoms with Crippen LogP contribution in [0.4, 0.5) is 0 Å². The highest BCUT2D eigenvalue weighted by atomic mass is 16.2. The summed E-state index contributed by atoms with van der Waals surface area (Å²) in [4.78, 5) is 24.3. The number of nitrogens with zero attached hydrogens (tertiary/aromatic N) is 1. The number of hydrogen-bond acceptors (Lipinski definition) is 2. The molecule has 0 spiro atoms. The van der Waals surface area contributed by atoms with Crippen molar-refractivity contribution in [3.05, 3.63) is 12.7 Å². The molecule has 0 saturated heterocycles. The van der Waals surface area contributed by atoms with Gasteiger partial charge in [-0.05, 0) is 20.8 Å². The van der Waals surface area contributed by atoms with Crippen molar-refractivity contribution in [2.45, 2.75) is 39.7 Å². The van der Waals surface area contributed by atoms with Gasteiger partial charge < -0.3 is 10.2 Å².